The van der Waals surface area contributed by atoms with Crippen molar-refractivity contribution in [2.75, 3.05) is 17.9 Å². The second kappa shape index (κ2) is 6.87. The molecule has 0 aliphatic heterocycles. The van der Waals surface area contributed by atoms with Crippen LogP contribution in [0.4, 0.5) is 0 Å². The van der Waals surface area contributed by atoms with E-state index in [1.807, 2.05) is 23.9 Å². The van der Waals surface area contributed by atoms with Crippen LogP contribution in [0.25, 0.3) is 11.0 Å². The molecule has 0 spiro atoms. The van der Waals surface area contributed by atoms with Gasteiger partial charge in [-0.2, -0.15) is 11.8 Å². The van der Waals surface area contributed by atoms with Crippen LogP contribution in [0.2, 0.25) is 5.02 Å². The number of nitrogens with zero attached hydrogens (tertiary/aromatic N) is 2. The molecule has 1 aromatic heterocycles. The van der Waals surface area contributed by atoms with Crippen LogP contribution in [0, 0.1) is 0 Å². The molecule has 1 atom stereocenters. The van der Waals surface area contributed by atoms with E-state index in [0.717, 1.165) is 35.5 Å². The summed E-state index contributed by atoms with van der Waals surface area (Å²) in [7, 11) is 0. The summed E-state index contributed by atoms with van der Waals surface area (Å²) in [4.78, 5) is 4.67. The van der Waals surface area contributed by atoms with Crippen LogP contribution in [0.15, 0.2) is 18.2 Å². The van der Waals surface area contributed by atoms with Gasteiger partial charge in [-0.1, -0.05) is 17.7 Å². The third kappa shape index (κ3) is 3.21. The number of alkyl halides is 1. The molecule has 0 radical (unpaired) electrons. The minimum absolute atomic E-state index is 0.411. The molecule has 0 aliphatic rings. The molecule has 0 N–H and O–H groups in total. The van der Waals surface area contributed by atoms with E-state index >= 15 is 0 Å². The molecule has 0 saturated carbocycles. The molecule has 1 heterocycles. The molecule has 1 unspecified atom stereocenters. The fourth-order valence-electron chi connectivity index (χ4n) is 2.30. The molecular weight excluding hydrogens is 299 g/mol. The lowest BCUT2D eigenvalue weighted by Gasteiger charge is -2.17. The standard InChI is InChI=1S/C14H18Cl2N2S/c1-10(7-9-19-2)18-12-5-3-4-11(16)14(12)17-13(18)6-8-15/h3-5,10H,6-9H2,1-2H3. The van der Waals surface area contributed by atoms with Crippen LogP contribution < -0.4 is 0 Å². The maximum Gasteiger partial charge on any atom is 0.111 e. The molecule has 0 amide bonds. The maximum atomic E-state index is 6.24. The molecule has 104 valence electrons. The van der Waals surface area contributed by atoms with E-state index in [-0.39, 0.29) is 0 Å². The highest BCUT2D eigenvalue weighted by atomic mass is 35.5. The Labute approximate surface area is 128 Å². The third-order valence-electron chi connectivity index (χ3n) is 3.24. The average Bonchev–Trinajstić information content (AvgIpc) is 2.76. The Morgan fingerprint density at radius 1 is 1.42 bits per heavy atom. The zero-order valence-corrected chi connectivity index (χ0v) is 13.5. The van der Waals surface area contributed by atoms with Gasteiger partial charge in [-0.15, -0.1) is 11.6 Å². The highest BCUT2D eigenvalue weighted by Gasteiger charge is 2.16. The number of rotatable bonds is 6. The average molecular weight is 317 g/mol. The molecular formula is C14H18Cl2N2S. The lowest BCUT2D eigenvalue weighted by atomic mass is 10.2. The topological polar surface area (TPSA) is 17.8 Å². The first-order chi connectivity index (χ1) is 9.19. The van der Waals surface area contributed by atoms with E-state index in [9.17, 15) is 0 Å². The summed E-state index contributed by atoms with van der Waals surface area (Å²) in [6.45, 7) is 2.23. The first kappa shape index (κ1) is 15.0. The predicted molar refractivity (Wildman–Crippen MR) is 86.9 cm³/mol. The largest absolute Gasteiger partial charge is 0.325 e. The van der Waals surface area contributed by atoms with Crippen molar-refractivity contribution < 1.29 is 0 Å². The van der Waals surface area contributed by atoms with Crippen LogP contribution in [0.5, 0.6) is 0 Å². The number of aryl methyl sites for hydroxylation is 1. The van der Waals surface area contributed by atoms with Gasteiger partial charge in [-0.3, -0.25) is 0 Å². The monoisotopic (exact) mass is 316 g/mol. The SMILES string of the molecule is CSCCC(C)n1c(CCCl)nc2c(Cl)cccc21. The highest BCUT2D eigenvalue weighted by molar-refractivity contribution is 7.98. The van der Waals surface area contributed by atoms with E-state index in [4.69, 9.17) is 23.2 Å². The number of hydrogen-bond acceptors (Lipinski definition) is 2. The predicted octanol–water partition coefficient (Wildman–Crippen LogP) is 4.79. The number of aromatic nitrogens is 2. The number of imidazole rings is 1. The van der Waals surface area contributed by atoms with Crippen molar-refractivity contribution in [2.24, 2.45) is 0 Å². The van der Waals surface area contributed by atoms with Gasteiger partial charge < -0.3 is 4.57 Å². The Hall–Kier alpha value is -0.380. The molecule has 2 rings (SSSR count). The highest BCUT2D eigenvalue weighted by Crippen LogP contribution is 2.28. The normalized spacial score (nSPS) is 13.1. The van der Waals surface area contributed by atoms with Crippen LogP contribution >= 0.6 is 35.0 Å². The summed E-state index contributed by atoms with van der Waals surface area (Å²) in [5.74, 6) is 2.75. The number of thioether (sulfide) groups is 1. The lowest BCUT2D eigenvalue weighted by molar-refractivity contribution is 0.528. The minimum Gasteiger partial charge on any atom is -0.325 e. The van der Waals surface area contributed by atoms with Gasteiger partial charge in [0.2, 0.25) is 0 Å². The summed E-state index contributed by atoms with van der Waals surface area (Å²) < 4.78 is 2.29. The Balaban J connectivity index is 2.48. The van der Waals surface area contributed by atoms with Crippen molar-refractivity contribution in [3.05, 3.63) is 29.0 Å². The van der Waals surface area contributed by atoms with Crippen molar-refractivity contribution in [2.45, 2.75) is 25.8 Å². The molecule has 0 bridgehead atoms. The van der Waals surface area contributed by atoms with Crippen molar-refractivity contribution in [3.8, 4) is 0 Å². The Morgan fingerprint density at radius 3 is 2.89 bits per heavy atom. The Morgan fingerprint density at radius 2 is 2.21 bits per heavy atom. The van der Waals surface area contributed by atoms with E-state index in [1.165, 1.54) is 0 Å². The van der Waals surface area contributed by atoms with Gasteiger partial charge in [0.25, 0.3) is 0 Å². The number of para-hydroxylation sites is 1. The third-order valence-corrected chi connectivity index (χ3v) is 4.38. The number of benzene rings is 1. The lowest BCUT2D eigenvalue weighted by Crippen LogP contribution is -2.10. The summed E-state index contributed by atoms with van der Waals surface area (Å²) in [5.41, 5.74) is 2.00. The molecule has 19 heavy (non-hydrogen) atoms. The summed E-state index contributed by atoms with van der Waals surface area (Å²) in [6, 6.07) is 6.36. The molecule has 2 aromatic rings. The van der Waals surface area contributed by atoms with Gasteiger partial charge in [-0.25, -0.2) is 4.98 Å². The fraction of sp³-hybridized carbons (Fsp3) is 0.500. The van der Waals surface area contributed by atoms with E-state index in [1.54, 1.807) is 0 Å². The van der Waals surface area contributed by atoms with Gasteiger partial charge >= 0.3 is 0 Å². The van der Waals surface area contributed by atoms with Crippen molar-refractivity contribution in [1.82, 2.24) is 9.55 Å². The smallest absolute Gasteiger partial charge is 0.111 e. The maximum absolute atomic E-state index is 6.24. The zero-order valence-electron chi connectivity index (χ0n) is 11.2. The quantitative estimate of drug-likeness (QED) is 0.713. The second-order valence-corrected chi connectivity index (χ2v) is 6.35. The van der Waals surface area contributed by atoms with Crippen LogP contribution in [-0.2, 0) is 6.42 Å². The molecule has 0 saturated heterocycles. The van der Waals surface area contributed by atoms with Gasteiger partial charge in [0.05, 0.1) is 10.5 Å². The van der Waals surface area contributed by atoms with E-state index in [2.05, 4.69) is 28.8 Å². The van der Waals surface area contributed by atoms with Gasteiger partial charge in [0.15, 0.2) is 0 Å². The summed E-state index contributed by atoms with van der Waals surface area (Å²) in [6.07, 6.45) is 4.03. The minimum atomic E-state index is 0.411. The fourth-order valence-corrected chi connectivity index (χ4v) is 3.26. The Bertz CT molecular complexity index is 554. The second-order valence-electron chi connectivity index (χ2n) is 4.58. The number of fused-ring (bicyclic) bond motifs is 1. The van der Waals surface area contributed by atoms with E-state index in [0.29, 0.717) is 16.9 Å². The molecule has 0 fully saturated rings. The van der Waals surface area contributed by atoms with Gasteiger partial charge in [0.1, 0.15) is 11.3 Å². The number of halogens is 2. The molecule has 0 aliphatic carbocycles. The molecule has 2 nitrogen and oxygen atoms in total. The number of hydrogen-bond donors (Lipinski definition) is 0. The van der Waals surface area contributed by atoms with Crippen LogP contribution in [-0.4, -0.2) is 27.4 Å². The van der Waals surface area contributed by atoms with Gasteiger partial charge in [-0.05, 0) is 37.5 Å². The van der Waals surface area contributed by atoms with E-state index < -0.39 is 0 Å². The van der Waals surface area contributed by atoms with Crippen LogP contribution in [0.3, 0.4) is 0 Å². The van der Waals surface area contributed by atoms with Crippen molar-refractivity contribution >= 4 is 46.0 Å². The van der Waals surface area contributed by atoms with Crippen molar-refractivity contribution in [3.63, 3.8) is 0 Å². The van der Waals surface area contributed by atoms with Gasteiger partial charge in [0, 0.05) is 18.3 Å². The van der Waals surface area contributed by atoms with Crippen molar-refractivity contribution in [1.29, 1.82) is 0 Å². The summed E-state index contributed by atoms with van der Waals surface area (Å²) >= 11 is 14.0. The Kier molecular flexibility index (Phi) is 5.43. The zero-order chi connectivity index (χ0) is 13.8. The molecule has 5 heteroatoms. The first-order valence-electron chi connectivity index (χ1n) is 6.39. The summed E-state index contributed by atoms with van der Waals surface area (Å²) in [5, 5.41) is 0.712. The molecule has 1 aromatic carbocycles. The van der Waals surface area contributed by atoms with Crippen LogP contribution in [0.1, 0.15) is 25.2 Å². The first-order valence-corrected chi connectivity index (χ1v) is 8.70.